The monoisotopic (exact) mass is 358 g/mol. The zero-order chi connectivity index (χ0) is 18.1. The Morgan fingerprint density at radius 1 is 1.16 bits per heavy atom. The first-order valence-corrected chi connectivity index (χ1v) is 8.67. The molecule has 0 amide bonds. The molecule has 0 aliphatic carbocycles. The molecule has 3 aromatic rings. The molecule has 0 saturated heterocycles. The van der Waals surface area contributed by atoms with Crippen LogP contribution in [0.4, 0.5) is 8.78 Å². The molecule has 0 saturated carbocycles. The number of aryl methyl sites for hydroxylation is 1. The van der Waals surface area contributed by atoms with E-state index in [0.717, 1.165) is 21.4 Å². The summed E-state index contributed by atoms with van der Waals surface area (Å²) in [4.78, 5) is 8.78. The van der Waals surface area contributed by atoms with Crippen LogP contribution in [0.1, 0.15) is 34.8 Å². The summed E-state index contributed by atoms with van der Waals surface area (Å²) in [5.41, 5.74) is 4.11. The van der Waals surface area contributed by atoms with Gasteiger partial charge in [0.15, 0.2) is 0 Å². The lowest BCUT2D eigenvalue weighted by Crippen LogP contribution is -2.04. The first kappa shape index (κ1) is 17.4. The van der Waals surface area contributed by atoms with Crippen molar-refractivity contribution in [3.8, 4) is 6.07 Å². The summed E-state index contributed by atoms with van der Waals surface area (Å²) in [5.74, 6) is 0.477. The highest BCUT2D eigenvalue weighted by molar-refractivity contribution is 7.98. The number of halogens is 2. The van der Waals surface area contributed by atoms with Crippen molar-refractivity contribution in [2.24, 2.45) is 0 Å². The summed E-state index contributed by atoms with van der Waals surface area (Å²) in [6, 6.07) is 8.99. The summed E-state index contributed by atoms with van der Waals surface area (Å²) < 4.78 is 27.9. The van der Waals surface area contributed by atoms with Crippen LogP contribution < -0.4 is 0 Å². The predicted octanol–water partition coefficient (Wildman–Crippen LogP) is 4.92. The molecular formula is C18H16F2N4S. The van der Waals surface area contributed by atoms with Crippen LogP contribution in [0.2, 0.25) is 0 Å². The minimum atomic E-state index is -2.67. The molecule has 0 unspecified atom stereocenters. The van der Waals surface area contributed by atoms with Gasteiger partial charge >= 0.3 is 6.55 Å². The van der Waals surface area contributed by atoms with Gasteiger partial charge in [-0.25, -0.2) is 9.97 Å². The van der Waals surface area contributed by atoms with Gasteiger partial charge in [0, 0.05) is 5.69 Å². The molecule has 3 rings (SSSR count). The molecule has 2 aromatic heterocycles. The maximum atomic E-state index is 13.5. The van der Waals surface area contributed by atoms with Crippen molar-refractivity contribution < 1.29 is 8.78 Å². The maximum absolute atomic E-state index is 13.5. The molecule has 0 N–H and O–H groups in total. The normalized spacial score (nSPS) is 11.2. The zero-order valence-corrected chi connectivity index (χ0v) is 14.9. The van der Waals surface area contributed by atoms with E-state index in [1.54, 1.807) is 24.3 Å². The average Bonchev–Trinajstić information content (AvgIpc) is 2.96. The minimum Gasteiger partial charge on any atom is -0.269 e. The Kier molecular flexibility index (Phi) is 4.73. The predicted molar refractivity (Wildman–Crippen MR) is 93.7 cm³/mol. The van der Waals surface area contributed by atoms with Gasteiger partial charge in [0.25, 0.3) is 0 Å². The van der Waals surface area contributed by atoms with Crippen LogP contribution >= 0.6 is 11.8 Å². The Morgan fingerprint density at radius 3 is 2.56 bits per heavy atom. The van der Waals surface area contributed by atoms with Gasteiger partial charge in [-0.3, -0.25) is 4.57 Å². The van der Waals surface area contributed by atoms with E-state index < -0.39 is 6.55 Å². The zero-order valence-electron chi connectivity index (χ0n) is 14.0. The molecule has 1 aromatic carbocycles. The number of imidazole rings is 1. The number of nitrogens with zero attached hydrogens (tertiary/aromatic N) is 4. The molecule has 128 valence electrons. The summed E-state index contributed by atoms with van der Waals surface area (Å²) in [7, 11) is 0. The number of alkyl halides is 2. The quantitative estimate of drug-likeness (QED) is 0.622. The molecular weight excluding hydrogens is 342 g/mol. The number of benzene rings is 1. The summed E-state index contributed by atoms with van der Waals surface area (Å²) >= 11 is 1.26. The SMILES string of the molecule is Cc1nc(SCc2nc3ccccc3n2C(F)F)c(C#N)c(C)c1C. The molecule has 0 aliphatic heterocycles. The van der Waals surface area contributed by atoms with Crippen molar-refractivity contribution in [1.82, 2.24) is 14.5 Å². The number of thioether (sulfide) groups is 1. The fourth-order valence-electron chi connectivity index (χ4n) is 2.69. The number of rotatable bonds is 4. The van der Waals surface area contributed by atoms with Crippen LogP contribution in [-0.2, 0) is 5.75 Å². The Bertz CT molecular complexity index is 989. The lowest BCUT2D eigenvalue weighted by Gasteiger charge is -2.11. The van der Waals surface area contributed by atoms with E-state index in [1.807, 2.05) is 20.8 Å². The third kappa shape index (κ3) is 3.10. The molecule has 25 heavy (non-hydrogen) atoms. The fraction of sp³-hybridized carbons (Fsp3) is 0.278. The third-order valence-corrected chi connectivity index (χ3v) is 5.25. The number of hydrogen-bond donors (Lipinski definition) is 0. The van der Waals surface area contributed by atoms with Crippen LogP contribution in [0.3, 0.4) is 0 Å². The van der Waals surface area contributed by atoms with Gasteiger partial charge in [0.2, 0.25) is 0 Å². The largest absolute Gasteiger partial charge is 0.320 e. The number of fused-ring (bicyclic) bond motifs is 1. The van der Waals surface area contributed by atoms with Crippen molar-refractivity contribution in [2.75, 3.05) is 0 Å². The highest BCUT2D eigenvalue weighted by Gasteiger charge is 2.19. The van der Waals surface area contributed by atoms with Gasteiger partial charge in [-0.05, 0) is 44.0 Å². The third-order valence-electron chi connectivity index (χ3n) is 4.28. The van der Waals surface area contributed by atoms with Crippen LogP contribution in [0.15, 0.2) is 29.3 Å². The van der Waals surface area contributed by atoms with Crippen molar-refractivity contribution in [1.29, 1.82) is 5.26 Å². The van der Waals surface area contributed by atoms with Gasteiger partial charge in [-0.1, -0.05) is 23.9 Å². The van der Waals surface area contributed by atoms with Crippen LogP contribution in [-0.4, -0.2) is 14.5 Å². The van der Waals surface area contributed by atoms with Crippen LogP contribution in [0.25, 0.3) is 11.0 Å². The molecule has 0 radical (unpaired) electrons. The van der Waals surface area contributed by atoms with Crippen molar-refractivity contribution in [3.63, 3.8) is 0 Å². The molecule has 0 fully saturated rings. The van der Waals surface area contributed by atoms with E-state index in [2.05, 4.69) is 16.0 Å². The second-order valence-corrected chi connectivity index (χ2v) is 6.66. The topological polar surface area (TPSA) is 54.5 Å². The van der Waals surface area contributed by atoms with E-state index in [-0.39, 0.29) is 11.6 Å². The van der Waals surface area contributed by atoms with E-state index in [4.69, 9.17) is 0 Å². The van der Waals surface area contributed by atoms with Gasteiger partial charge in [0.1, 0.15) is 16.9 Å². The van der Waals surface area contributed by atoms with Crippen LogP contribution in [0, 0.1) is 32.1 Å². The summed E-state index contributed by atoms with van der Waals surface area (Å²) in [5, 5.41) is 9.98. The minimum absolute atomic E-state index is 0.211. The fourth-order valence-corrected chi connectivity index (χ4v) is 3.71. The molecule has 0 spiro atoms. The number of pyridine rings is 1. The van der Waals surface area contributed by atoms with E-state index in [9.17, 15) is 14.0 Å². The second kappa shape index (κ2) is 6.81. The Labute approximate surface area is 148 Å². The molecule has 7 heteroatoms. The van der Waals surface area contributed by atoms with Gasteiger partial charge in [-0.2, -0.15) is 14.0 Å². The smallest absolute Gasteiger partial charge is 0.269 e. The van der Waals surface area contributed by atoms with Gasteiger partial charge < -0.3 is 0 Å². The number of nitriles is 1. The van der Waals surface area contributed by atoms with E-state index in [1.165, 1.54) is 11.8 Å². The first-order chi connectivity index (χ1) is 11.9. The number of para-hydroxylation sites is 2. The standard InChI is InChI=1S/C18H16F2N4S/c1-10-11(2)13(8-21)17(22-12(10)3)25-9-16-23-14-6-4-5-7-15(14)24(16)18(19)20/h4-7,18H,9H2,1-3H3. The summed E-state index contributed by atoms with van der Waals surface area (Å²) in [6.07, 6.45) is 0. The first-order valence-electron chi connectivity index (χ1n) is 7.68. The Morgan fingerprint density at radius 2 is 1.88 bits per heavy atom. The van der Waals surface area contributed by atoms with Crippen molar-refractivity contribution in [2.45, 2.75) is 38.1 Å². The van der Waals surface area contributed by atoms with Gasteiger partial charge in [0.05, 0.1) is 22.3 Å². The molecule has 0 aliphatic rings. The number of hydrogen-bond acceptors (Lipinski definition) is 4. The maximum Gasteiger partial charge on any atom is 0.320 e. The van der Waals surface area contributed by atoms with Gasteiger partial charge in [-0.15, -0.1) is 0 Å². The van der Waals surface area contributed by atoms with E-state index in [0.29, 0.717) is 21.6 Å². The highest BCUT2D eigenvalue weighted by atomic mass is 32.2. The van der Waals surface area contributed by atoms with E-state index >= 15 is 0 Å². The highest BCUT2D eigenvalue weighted by Crippen LogP contribution is 2.31. The molecule has 0 bridgehead atoms. The Hall–Kier alpha value is -2.46. The van der Waals surface area contributed by atoms with Crippen molar-refractivity contribution in [3.05, 3.63) is 52.5 Å². The second-order valence-electron chi connectivity index (χ2n) is 5.69. The number of aromatic nitrogens is 3. The lowest BCUT2D eigenvalue weighted by molar-refractivity contribution is 0.0722. The van der Waals surface area contributed by atoms with Crippen molar-refractivity contribution >= 4 is 22.8 Å². The van der Waals surface area contributed by atoms with Crippen LogP contribution in [0.5, 0.6) is 0 Å². The molecule has 4 nitrogen and oxygen atoms in total. The Balaban J connectivity index is 1.99. The summed E-state index contributed by atoms with van der Waals surface area (Å²) in [6.45, 7) is 3.00. The lowest BCUT2D eigenvalue weighted by atomic mass is 10.1. The molecule has 0 atom stereocenters. The molecule has 2 heterocycles. The average molecular weight is 358 g/mol.